The van der Waals surface area contributed by atoms with Crippen LogP contribution in [0.5, 0.6) is 5.75 Å². The molecule has 96 valence electrons. The van der Waals surface area contributed by atoms with E-state index in [0.29, 0.717) is 0 Å². The minimum Gasteiger partial charge on any atom is -0.497 e. The average molecular weight is 245 g/mol. The number of ether oxygens (including phenoxy) is 1. The maximum atomic E-state index is 5.23. The van der Waals surface area contributed by atoms with Gasteiger partial charge in [0.1, 0.15) is 17.9 Å². The Labute approximate surface area is 108 Å². The van der Waals surface area contributed by atoms with E-state index in [1.54, 1.807) is 13.4 Å². The fourth-order valence-corrected chi connectivity index (χ4v) is 1.90. The highest BCUT2D eigenvalue weighted by Gasteiger charge is 2.17. The van der Waals surface area contributed by atoms with Crippen molar-refractivity contribution in [2.45, 2.75) is 32.7 Å². The van der Waals surface area contributed by atoms with Crippen molar-refractivity contribution in [2.24, 2.45) is 0 Å². The van der Waals surface area contributed by atoms with Gasteiger partial charge in [-0.1, -0.05) is 12.1 Å². The van der Waals surface area contributed by atoms with Crippen molar-refractivity contribution >= 4 is 0 Å². The molecule has 18 heavy (non-hydrogen) atoms. The molecule has 0 aliphatic carbocycles. The summed E-state index contributed by atoms with van der Waals surface area (Å²) >= 11 is 0. The van der Waals surface area contributed by atoms with Crippen LogP contribution in [0.4, 0.5) is 0 Å². The second kappa shape index (κ2) is 4.80. The predicted molar refractivity (Wildman–Crippen MR) is 70.8 cm³/mol. The van der Waals surface area contributed by atoms with Gasteiger partial charge < -0.3 is 9.30 Å². The van der Waals surface area contributed by atoms with Crippen molar-refractivity contribution < 1.29 is 4.74 Å². The van der Waals surface area contributed by atoms with Crippen molar-refractivity contribution in [1.82, 2.24) is 14.8 Å². The molecule has 0 unspecified atom stereocenters. The van der Waals surface area contributed by atoms with Gasteiger partial charge in [-0.2, -0.15) is 0 Å². The fourth-order valence-electron chi connectivity index (χ4n) is 1.90. The van der Waals surface area contributed by atoms with Gasteiger partial charge in [-0.15, -0.1) is 10.2 Å². The van der Waals surface area contributed by atoms with Crippen LogP contribution in [0.1, 0.15) is 32.2 Å². The largest absolute Gasteiger partial charge is 0.497 e. The lowest BCUT2D eigenvalue weighted by atomic mass is 10.1. The van der Waals surface area contributed by atoms with Crippen LogP contribution < -0.4 is 4.74 Å². The van der Waals surface area contributed by atoms with Crippen LogP contribution >= 0.6 is 0 Å². The standard InChI is InChI=1S/C14H19N3O/c1-14(2,3)17-10-15-16-13(17)9-11-6-5-7-12(8-11)18-4/h5-8,10H,9H2,1-4H3. The number of rotatable bonds is 3. The zero-order valence-electron chi connectivity index (χ0n) is 11.3. The third-order valence-electron chi connectivity index (χ3n) is 2.84. The van der Waals surface area contributed by atoms with Crippen molar-refractivity contribution in [3.8, 4) is 5.75 Å². The highest BCUT2D eigenvalue weighted by atomic mass is 16.5. The first-order chi connectivity index (χ1) is 8.50. The maximum Gasteiger partial charge on any atom is 0.137 e. The van der Waals surface area contributed by atoms with E-state index in [9.17, 15) is 0 Å². The molecule has 1 aromatic heterocycles. The number of aromatic nitrogens is 3. The van der Waals surface area contributed by atoms with Gasteiger partial charge in [-0.05, 0) is 38.5 Å². The Hall–Kier alpha value is -1.84. The number of methoxy groups -OCH3 is 1. The summed E-state index contributed by atoms with van der Waals surface area (Å²) in [5, 5.41) is 8.21. The molecule has 0 radical (unpaired) electrons. The van der Waals surface area contributed by atoms with Crippen LogP contribution in [-0.2, 0) is 12.0 Å². The lowest BCUT2D eigenvalue weighted by Crippen LogP contribution is -2.23. The third-order valence-corrected chi connectivity index (χ3v) is 2.84. The summed E-state index contributed by atoms with van der Waals surface area (Å²) in [5.41, 5.74) is 1.17. The SMILES string of the molecule is COc1cccc(Cc2nncn2C(C)(C)C)c1. The smallest absolute Gasteiger partial charge is 0.137 e. The molecule has 0 N–H and O–H groups in total. The molecule has 0 saturated carbocycles. The summed E-state index contributed by atoms with van der Waals surface area (Å²) in [5.74, 6) is 1.84. The Bertz CT molecular complexity index is 526. The summed E-state index contributed by atoms with van der Waals surface area (Å²) in [4.78, 5) is 0. The summed E-state index contributed by atoms with van der Waals surface area (Å²) in [6, 6.07) is 8.04. The number of hydrogen-bond donors (Lipinski definition) is 0. The molecule has 0 spiro atoms. The Morgan fingerprint density at radius 1 is 1.28 bits per heavy atom. The monoisotopic (exact) mass is 245 g/mol. The lowest BCUT2D eigenvalue weighted by Gasteiger charge is -2.22. The highest BCUT2D eigenvalue weighted by Crippen LogP contribution is 2.19. The van der Waals surface area contributed by atoms with Gasteiger partial charge in [0.15, 0.2) is 0 Å². The van der Waals surface area contributed by atoms with Crippen LogP contribution in [0.15, 0.2) is 30.6 Å². The molecule has 0 atom stereocenters. The lowest BCUT2D eigenvalue weighted by molar-refractivity contribution is 0.383. The molecular weight excluding hydrogens is 226 g/mol. The van der Waals surface area contributed by atoms with E-state index < -0.39 is 0 Å². The van der Waals surface area contributed by atoms with Gasteiger partial charge in [-0.3, -0.25) is 0 Å². The Kier molecular flexibility index (Phi) is 3.36. The second-order valence-corrected chi connectivity index (χ2v) is 5.32. The van der Waals surface area contributed by atoms with E-state index in [4.69, 9.17) is 4.74 Å². The van der Waals surface area contributed by atoms with Crippen molar-refractivity contribution in [2.75, 3.05) is 7.11 Å². The van der Waals surface area contributed by atoms with E-state index in [2.05, 4.69) is 41.6 Å². The van der Waals surface area contributed by atoms with Crippen LogP contribution in [0.3, 0.4) is 0 Å². The van der Waals surface area contributed by atoms with Gasteiger partial charge in [-0.25, -0.2) is 0 Å². The summed E-state index contributed by atoms with van der Waals surface area (Å²) in [6.45, 7) is 6.43. The van der Waals surface area contributed by atoms with Gasteiger partial charge in [0.2, 0.25) is 0 Å². The molecule has 1 heterocycles. The number of benzene rings is 1. The number of hydrogen-bond acceptors (Lipinski definition) is 3. The molecule has 4 nitrogen and oxygen atoms in total. The Balaban J connectivity index is 2.26. The molecule has 2 rings (SSSR count). The van der Waals surface area contributed by atoms with E-state index >= 15 is 0 Å². The molecule has 0 aliphatic heterocycles. The molecule has 4 heteroatoms. The first-order valence-corrected chi connectivity index (χ1v) is 6.03. The molecule has 2 aromatic rings. The topological polar surface area (TPSA) is 39.9 Å². The summed E-state index contributed by atoms with van der Waals surface area (Å²) in [7, 11) is 1.68. The highest BCUT2D eigenvalue weighted by molar-refractivity contribution is 5.30. The zero-order valence-corrected chi connectivity index (χ0v) is 11.3. The predicted octanol–water partition coefficient (Wildman–Crippen LogP) is 2.63. The Morgan fingerprint density at radius 3 is 2.72 bits per heavy atom. The molecule has 1 aromatic carbocycles. The van der Waals surface area contributed by atoms with Crippen LogP contribution in [0, 0.1) is 0 Å². The Morgan fingerprint density at radius 2 is 2.06 bits per heavy atom. The van der Waals surface area contributed by atoms with Gasteiger partial charge >= 0.3 is 0 Å². The summed E-state index contributed by atoms with van der Waals surface area (Å²) in [6.07, 6.45) is 2.55. The summed E-state index contributed by atoms with van der Waals surface area (Å²) < 4.78 is 7.33. The number of nitrogens with zero attached hydrogens (tertiary/aromatic N) is 3. The molecule has 0 bridgehead atoms. The first-order valence-electron chi connectivity index (χ1n) is 6.03. The van der Waals surface area contributed by atoms with Crippen molar-refractivity contribution in [3.05, 3.63) is 42.0 Å². The minimum atomic E-state index is -0.00228. The van der Waals surface area contributed by atoms with E-state index in [1.165, 1.54) is 5.56 Å². The van der Waals surface area contributed by atoms with Crippen LogP contribution in [0.2, 0.25) is 0 Å². The van der Waals surface area contributed by atoms with Gasteiger partial charge in [0.25, 0.3) is 0 Å². The van der Waals surface area contributed by atoms with Crippen LogP contribution in [0.25, 0.3) is 0 Å². The zero-order chi connectivity index (χ0) is 13.2. The average Bonchev–Trinajstić information content (AvgIpc) is 2.77. The normalized spacial score (nSPS) is 11.6. The van der Waals surface area contributed by atoms with Gasteiger partial charge in [0, 0.05) is 12.0 Å². The maximum absolute atomic E-state index is 5.23. The first kappa shape index (κ1) is 12.6. The molecule has 0 aliphatic rings. The van der Waals surface area contributed by atoms with E-state index in [1.807, 2.05) is 18.2 Å². The van der Waals surface area contributed by atoms with E-state index in [0.717, 1.165) is 18.0 Å². The molecule has 0 saturated heterocycles. The van der Waals surface area contributed by atoms with Crippen molar-refractivity contribution in [1.29, 1.82) is 0 Å². The minimum absolute atomic E-state index is 0.00228. The quantitative estimate of drug-likeness (QED) is 0.834. The fraction of sp³-hybridized carbons (Fsp3) is 0.429. The molecular formula is C14H19N3O. The second-order valence-electron chi connectivity index (χ2n) is 5.32. The molecule has 0 amide bonds. The van der Waals surface area contributed by atoms with E-state index in [-0.39, 0.29) is 5.54 Å². The van der Waals surface area contributed by atoms with Gasteiger partial charge in [0.05, 0.1) is 7.11 Å². The van der Waals surface area contributed by atoms with Crippen molar-refractivity contribution in [3.63, 3.8) is 0 Å². The third kappa shape index (κ3) is 2.70. The van der Waals surface area contributed by atoms with Crippen LogP contribution in [-0.4, -0.2) is 21.9 Å². The molecule has 0 fully saturated rings.